The number of thioether (sulfide) groups is 1. The molecule has 1 saturated heterocycles. The van der Waals surface area contributed by atoms with Gasteiger partial charge in [-0.3, -0.25) is 0 Å². The highest BCUT2D eigenvalue weighted by molar-refractivity contribution is 8.03. The number of nitrogens with zero attached hydrogens (tertiary/aromatic N) is 1. The maximum absolute atomic E-state index is 10.5. The first-order valence-corrected chi connectivity index (χ1v) is 4.09. The van der Waals surface area contributed by atoms with E-state index in [1.807, 2.05) is 4.90 Å². The van der Waals surface area contributed by atoms with Crippen LogP contribution in [-0.2, 0) is 4.79 Å². The van der Waals surface area contributed by atoms with Gasteiger partial charge in [-0.1, -0.05) is 0 Å². The number of carboxylic acid groups (broad SMARTS) is 1. The highest BCUT2D eigenvalue weighted by Crippen LogP contribution is 2.39. The van der Waals surface area contributed by atoms with Crippen molar-refractivity contribution < 1.29 is 9.90 Å². The Morgan fingerprint density at radius 2 is 2.70 bits per heavy atom. The normalized spacial score (nSPS) is 29.0. The first-order chi connectivity index (χ1) is 4.79. The molecule has 1 fully saturated rings. The lowest BCUT2D eigenvalue weighted by molar-refractivity contribution is -0.135. The summed E-state index contributed by atoms with van der Waals surface area (Å²) in [5.74, 6) is -0.797. The van der Waals surface area contributed by atoms with Crippen LogP contribution in [-0.4, -0.2) is 27.9 Å². The van der Waals surface area contributed by atoms with E-state index in [0.29, 0.717) is 11.1 Å². The van der Waals surface area contributed by atoms with Gasteiger partial charge in [0, 0.05) is 12.0 Å². The third-order valence-corrected chi connectivity index (χ3v) is 2.99. The fourth-order valence-corrected chi connectivity index (χ4v) is 2.29. The van der Waals surface area contributed by atoms with Gasteiger partial charge >= 0.3 is 5.97 Å². The van der Waals surface area contributed by atoms with Crippen LogP contribution < -0.4 is 0 Å². The van der Waals surface area contributed by atoms with Gasteiger partial charge in [-0.15, -0.1) is 11.8 Å². The number of hydrogen-bond acceptors (Lipinski definition) is 3. The summed E-state index contributed by atoms with van der Waals surface area (Å²) in [4.78, 5) is 12.4. The van der Waals surface area contributed by atoms with E-state index in [2.05, 4.69) is 0 Å². The third-order valence-electron chi connectivity index (χ3n) is 1.83. The molecule has 0 unspecified atom stereocenters. The van der Waals surface area contributed by atoms with E-state index in [-0.39, 0.29) is 0 Å². The third kappa shape index (κ3) is 0.653. The fraction of sp³-hybridized carbons (Fsp3) is 0.500. The fourth-order valence-electron chi connectivity index (χ4n) is 1.16. The van der Waals surface area contributed by atoms with Crippen molar-refractivity contribution in [3.63, 3.8) is 0 Å². The molecule has 1 N–H and O–H groups in total. The lowest BCUT2D eigenvalue weighted by atomic mass is 10.2. The molecule has 0 aromatic rings. The Bertz CT molecular complexity index is 214. The van der Waals surface area contributed by atoms with E-state index < -0.39 is 5.97 Å². The molecule has 2 heterocycles. The molecule has 0 amide bonds. The molecule has 0 aliphatic carbocycles. The maximum Gasteiger partial charge on any atom is 0.352 e. The van der Waals surface area contributed by atoms with Crippen molar-refractivity contribution in [3.05, 3.63) is 11.1 Å². The largest absolute Gasteiger partial charge is 0.477 e. The number of hydrogen-bond donors (Lipinski definition) is 1. The Kier molecular flexibility index (Phi) is 1.17. The summed E-state index contributed by atoms with van der Waals surface area (Å²) in [6.07, 6.45) is 1.12. The highest BCUT2D eigenvalue weighted by Gasteiger charge is 2.37. The molecular formula is C6H7NO2S. The van der Waals surface area contributed by atoms with Crippen LogP contribution >= 0.6 is 11.8 Å². The van der Waals surface area contributed by atoms with Crippen LogP contribution in [0.3, 0.4) is 0 Å². The van der Waals surface area contributed by atoms with Crippen LogP contribution in [0, 0.1) is 0 Å². The molecular weight excluding hydrogens is 150 g/mol. The maximum atomic E-state index is 10.5. The van der Waals surface area contributed by atoms with Crippen molar-refractivity contribution in [2.75, 3.05) is 6.54 Å². The predicted molar refractivity (Wildman–Crippen MR) is 38.4 cm³/mol. The molecule has 1 atom stereocenters. The summed E-state index contributed by atoms with van der Waals surface area (Å²) < 4.78 is 0. The van der Waals surface area contributed by atoms with Gasteiger partial charge in [-0.25, -0.2) is 4.79 Å². The summed E-state index contributed by atoms with van der Waals surface area (Å²) in [6, 6.07) is 0. The van der Waals surface area contributed by atoms with Gasteiger partial charge in [0.1, 0.15) is 5.70 Å². The predicted octanol–water partition coefficient (Wildman–Crippen LogP) is 0.691. The number of fused-ring (bicyclic) bond motifs is 1. The number of aliphatic carboxylic acids is 1. The molecule has 0 bridgehead atoms. The van der Waals surface area contributed by atoms with Gasteiger partial charge in [0.15, 0.2) is 0 Å². The highest BCUT2D eigenvalue weighted by atomic mass is 32.2. The minimum Gasteiger partial charge on any atom is -0.477 e. The van der Waals surface area contributed by atoms with Crippen LogP contribution in [0.1, 0.15) is 6.42 Å². The summed E-state index contributed by atoms with van der Waals surface area (Å²) in [5.41, 5.74) is 0.473. The van der Waals surface area contributed by atoms with E-state index in [1.165, 1.54) is 0 Å². The van der Waals surface area contributed by atoms with Gasteiger partial charge < -0.3 is 10.0 Å². The molecule has 0 spiro atoms. The minimum absolute atomic E-state index is 0.436. The smallest absolute Gasteiger partial charge is 0.352 e. The SMILES string of the molecule is O=C(O)C1=CS[C@H]2CCN12. The average molecular weight is 157 g/mol. The van der Waals surface area contributed by atoms with Crippen molar-refractivity contribution in [1.82, 2.24) is 4.90 Å². The van der Waals surface area contributed by atoms with E-state index in [9.17, 15) is 4.79 Å². The zero-order valence-corrected chi connectivity index (χ0v) is 6.10. The van der Waals surface area contributed by atoms with Gasteiger partial charge in [0.05, 0.1) is 5.37 Å². The van der Waals surface area contributed by atoms with Crippen molar-refractivity contribution in [2.24, 2.45) is 0 Å². The molecule has 3 nitrogen and oxygen atoms in total. The molecule has 2 aliphatic rings. The molecule has 4 heteroatoms. The van der Waals surface area contributed by atoms with Crippen molar-refractivity contribution in [3.8, 4) is 0 Å². The standard InChI is InChI=1S/C6H7NO2S/c8-6(9)4-3-10-5-1-2-7(4)5/h3,5H,1-2H2,(H,8,9)/t5-/m0/s1. The number of rotatable bonds is 1. The van der Waals surface area contributed by atoms with Crippen molar-refractivity contribution in [2.45, 2.75) is 11.8 Å². The Labute approximate surface area is 62.7 Å². The van der Waals surface area contributed by atoms with Gasteiger partial charge in [-0.2, -0.15) is 0 Å². The van der Waals surface area contributed by atoms with Crippen LogP contribution in [0.4, 0.5) is 0 Å². The Morgan fingerprint density at radius 1 is 1.90 bits per heavy atom. The summed E-state index contributed by atoms with van der Waals surface area (Å²) in [6.45, 7) is 0.913. The van der Waals surface area contributed by atoms with Gasteiger partial charge in [0.2, 0.25) is 0 Å². The second-order valence-corrected chi connectivity index (χ2v) is 3.43. The minimum atomic E-state index is -0.797. The summed E-state index contributed by atoms with van der Waals surface area (Å²) in [5, 5.41) is 10.8. The molecule has 0 saturated carbocycles. The van der Waals surface area contributed by atoms with Crippen LogP contribution in [0.5, 0.6) is 0 Å². The molecule has 2 aliphatic heterocycles. The van der Waals surface area contributed by atoms with E-state index >= 15 is 0 Å². The molecule has 2 rings (SSSR count). The number of carboxylic acids is 1. The molecule has 0 aromatic carbocycles. The van der Waals surface area contributed by atoms with E-state index in [0.717, 1.165) is 13.0 Å². The lowest BCUT2D eigenvalue weighted by Gasteiger charge is -2.36. The lowest BCUT2D eigenvalue weighted by Crippen LogP contribution is -2.43. The van der Waals surface area contributed by atoms with E-state index in [4.69, 9.17) is 5.11 Å². The van der Waals surface area contributed by atoms with Gasteiger partial charge in [0.25, 0.3) is 0 Å². The zero-order chi connectivity index (χ0) is 7.14. The van der Waals surface area contributed by atoms with Crippen LogP contribution in [0.15, 0.2) is 11.1 Å². The second kappa shape index (κ2) is 1.92. The zero-order valence-electron chi connectivity index (χ0n) is 5.28. The van der Waals surface area contributed by atoms with Gasteiger partial charge in [-0.05, 0) is 6.42 Å². The molecule has 0 radical (unpaired) electrons. The molecule has 10 heavy (non-hydrogen) atoms. The topological polar surface area (TPSA) is 40.5 Å². The first kappa shape index (κ1) is 6.09. The van der Waals surface area contributed by atoms with Crippen molar-refractivity contribution >= 4 is 17.7 Å². The van der Waals surface area contributed by atoms with Crippen molar-refractivity contribution in [1.29, 1.82) is 0 Å². The Hall–Kier alpha value is -0.640. The molecule has 54 valence electrons. The van der Waals surface area contributed by atoms with E-state index in [1.54, 1.807) is 17.2 Å². The Balaban J connectivity index is 2.16. The summed E-state index contributed by atoms with van der Waals surface area (Å²) >= 11 is 1.61. The monoisotopic (exact) mass is 157 g/mol. The van der Waals surface area contributed by atoms with Crippen LogP contribution in [0.25, 0.3) is 0 Å². The number of carbonyl (C=O) groups is 1. The summed E-state index contributed by atoms with van der Waals surface area (Å²) in [7, 11) is 0. The average Bonchev–Trinajstić information content (AvgIpc) is 2.07. The Morgan fingerprint density at radius 3 is 3.00 bits per heavy atom. The quantitative estimate of drug-likeness (QED) is 0.608. The van der Waals surface area contributed by atoms with Crippen LogP contribution in [0.2, 0.25) is 0 Å². The second-order valence-electron chi connectivity index (χ2n) is 2.38. The molecule has 0 aromatic heterocycles. The first-order valence-electron chi connectivity index (χ1n) is 3.14.